The molecule has 4 aliphatic rings. The van der Waals surface area contributed by atoms with Gasteiger partial charge >= 0.3 is 5.97 Å². The van der Waals surface area contributed by atoms with Crippen LogP contribution < -0.4 is 11.1 Å². The van der Waals surface area contributed by atoms with Crippen molar-refractivity contribution in [2.24, 2.45) is 39.5 Å². The molecule has 0 heterocycles. The van der Waals surface area contributed by atoms with Crippen LogP contribution in [-0.4, -0.2) is 52.0 Å². The molecule has 5 N–H and O–H groups in total. The third kappa shape index (κ3) is 4.88. The molecule has 3 saturated carbocycles. The summed E-state index contributed by atoms with van der Waals surface area (Å²) in [6, 6.07) is -1.21. The minimum absolute atomic E-state index is 0.0760. The van der Waals surface area contributed by atoms with Crippen LogP contribution in [0.1, 0.15) is 78.1 Å². The van der Waals surface area contributed by atoms with E-state index in [0.29, 0.717) is 24.2 Å². The zero-order valence-electron chi connectivity index (χ0n) is 21.8. The Morgan fingerprint density at radius 3 is 2.62 bits per heavy atom. The molecule has 37 heavy (non-hydrogen) atoms. The van der Waals surface area contributed by atoms with Gasteiger partial charge in [0.15, 0.2) is 6.61 Å². The van der Waals surface area contributed by atoms with Gasteiger partial charge in [-0.25, -0.2) is 4.79 Å². The molecule has 0 aliphatic heterocycles. The van der Waals surface area contributed by atoms with Crippen molar-refractivity contribution < 1.29 is 29.4 Å². The first-order chi connectivity index (χ1) is 17.4. The van der Waals surface area contributed by atoms with Gasteiger partial charge in [-0.1, -0.05) is 30.5 Å². The molecule has 0 aromatic carbocycles. The van der Waals surface area contributed by atoms with E-state index in [1.807, 2.05) is 0 Å². The molecule has 2 amide bonds. The number of carbonyl (C=O) groups excluding carboxylic acids is 2. The number of rotatable bonds is 8. The van der Waals surface area contributed by atoms with Crippen LogP contribution in [0.2, 0.25) is 0 Å². The zero-order valence-corrected chi connectivity index (χ0v) is 21.8. The highest BCUT2D eigenvalue weighted by Gasteiger charge is 2.63. The molecule has 202 valence electrons. The highest BCUT2D eigenvalue weighted by molar-refractivity contribution is 5.96. The number of terminal acetylenes is 1. The Morgan fingerprint density at radius 1 is 1.22 bits per heavy atom. The van der Waals surface area contributed by atoms with Crippen molar-refractivity contribution in [3.63, 3.8) is 0 Å². The lowest BCUT2D eigenvalue weighted by Gasteiger charge is -2.58. The van der Waals surface area contributed by atoms with Crippen molar-refractivity contribution in [2.45, 2.75) is 89.7 Å². The second-order valence-corrected chi connectivity index (χ2v) is 11.8. The van der Waals surface area contributed by atoms with E-state index in [4.69, 9.17) is 17.0 Å². The predicted molar refractivity (Wildman–Crippen MR) is 137 cm³/mol. The smallest absolute Gasteiger partial charge is 0.326 e. The van der Waals surface area contributed by atoms with Gasteiger partial charge in [0, 0.05) is 11.8 Å². The van der Waals surface area contributed by atoms with E-state index < -0.39 is 36.0 Å². The summed E-state index contributed by atoms with van der Waals surface area (Å²) in [5.74, 6) is 1.80. The van der Waals surface area contributed by atoms with Gasteiger partial charge in [-0.3, -0.25) is 9.59 Å². The van der Waals surface area contributed by atoms with E-state index in [1.165, 1.54) is 5.57 Å². The number of oxime groups is 1. The number of aliphatic carboxylic acids is 1. The zero-order chi connectivity index (χ0) is 27.0. The first-order valence-electron chi connectivity index (χ1n) is 13.3. The first kappa shape index (κ1) is 27.2. The molecular weight excluding hydrogens is 474 g/mol. The number of nitrogens with one attached hydrogen (secondary N) is 1. The number of aliphatic hydroxyl groups is 1. The maximum absolute atomic E-state index is 12.1. The number of nitrogens with two attached hydrogens (primary N) is 1. The van der Waals surface area contributed by atoms with E-state index >= 15 is 0 Å². The van der Waals surface area contributed by atoms with Crippen molar-refractivity contribution in [2.75, 3.05) is 6.61 Å². The summed E-state index contributed by atoms with van der Waals surface area (Å²) < 4.78 is 0. The Kier molecular flexibility index (Phi) is 7.44. The molecule has 0 saturated heterocycles. The Labute approximate surface area is 218 Å². The maximum Gasteiger partial charge on any atom is 0.326 e. The fourth-order valence-electron chi connectivity index (χ4n) is 7.85. The molecule has 4 aliphatic carbocycles. The van der Waals surface area contributed by atoms with Crippen LogP contribution in [0, 0.1) is 40.9 Å². The minimum atomic E-state index is -1.24. The van der Waals surface area contributed by atoms with Crippen LogP contribution in [0.4, 0.5) is 0 Å². The largest absolute Gasteiger partial charge is 0.480 e. The Hall–Kier alpha value is -2.86. The van der Waals surface area contributed by atoms with Gasteiger partial charge in [0.1, 0.15) is 11.6 Å². The number of allylic oxidation sites excluding steroid dienone is 2. The predicted octanol–water partition coefficient (Wildman–Crippen LogP) is 2.52. The first-order valence-corrected chi connectivity index (χ1v) is 13.3. The molecule has 0 aromatic rings. The number of carbonyl (C=O) groups is 3. The third-order valence-corrected chi connectivity index (χ3v) is 10.1. The fourth-order valence-corrected chi connectivity index (χ4v) is 7.85. The van der Waals surface area contributed by atoms with E-state index in [2.05, 4.69) is 36.3 Å². The monoisotopic (exact) mass is 513 g/mol. The molecule has 7 unspecified atom stereocenters. The number of hydrogen-bond acceptors (Lipinski definition) is 6. The van der Waals surface area contributed by atoms with Gasteiger partial charge in [0.05, 0.1) is 5.71 Å². The summed E-state index contributed by atoms with van der Waals surface area (Å²) in [6.07, 6.45) is 15.1. The third-order valence-electron chi connectivity index (χ3n) is 10.1. The second kappa shape index (κ2) is 10.1. The molecule has 9 nitrogen and oxygen atoms in total. The van der Waals surface area contributed by atoms with Crippen molar-refractivity contribution in [1.29, 1.82) is 0 Å². The van der Waals surface area contributed by atoms with E-state index in [0.717, 1.165) is 50.7 Å². The fraction of sp³-hybridized carbons (Fsp3) is 0.714. The van der Waals surface area contributed by atoms with Crippen molar-refractivity contribution in [1.82, 2.24) is 5.32 Å². The van der Waals surface area contributed by atoms with Crippen molar-refractivity contribution in [3.05, 3.63) is 11.6 Å². The lowest BCUT2D eigenvalue weighted by Crippen LogP contribution is -2.54. The number of carboxylic acids is 1. The van der Waals surface area contributed by atoms with Gasteiger partial charge in [-0.15, -0.1) is 6.42 Å². The SMILES string of the molecule is C#CC1(O)CCC2C3CCC4=CC(=NOCC(=O)NC(CCC(N)=O)C(=O)O)CCC4(C)C3CCC21C. The average molecular weight is 514 g/mol. The molecule has 4 rings (SSSR count). The lowest BCUT2D eigenvalue weighted by atomic mass is 9.46. The van der Waals surface area contributed by atoms with Crippen LogP contribution in [0.3, 0.4) is 0 Å². The van der Waals surface area contributed by atoms with E-state index in [9.17, 15) is 24.6 Å². The van der Waals surface area contributed by atoms with Gasteiger partial charge in [0.25, 0.3) is 5.91 Å². The average Bonchev–Trinajstić information content (AvgIpc) is 3.12. The number of amides is 2. The number of primary amides is 1. The van der Waals surface area contributed by atoms with Gasteiger partial charge in [0.2, 0.25) is 5.91 Å². The highest BCUT2D eigenvalue weighted by Crippen LogP contribution is 2.67. The number of hydrogen-bond donors (Lipinski definition) is 4. The lowest BCUT2D eigenvalue weighted by molar-refractivity contribution is -0.142. The van der Waals surface area contributed by atoms with Crippen molar-refractivity contribution >= 4 is 23.5 Å². The topological polar surface area (TPSA) is 151 Å². The minimum Gasteiger partial charge on any atom is -0.480 e. The Balaban J connectivity index is 1.37. The van der Waals surface area contributed by atoms with E-state index in [-0.39, 0.29) is 23.7 Å². The summed E-state index contributed by atoms with van der Waals surface area (Å²) in [5.41, 5.74) is 6.08. The standard InChI is InChI=1S/C28H39N3O6/c1-4-28(36)14-11-21-19-6-5-17-15-18(9-12-26(17,2)20(19)10-13-27(21,28)3)31-37-16-24(33)30-22(25(34)35)7-8-23(29)32/h1,15,19-22,36H,5-14,16H2,2-3H3,(H2,29,32)(H,30,33)(H,34,35). The molecular formula is C28H39N3O6. The highest BCUT2D eigenvalue weighted by atomic mass is 16.6. The summed E-state index contributed by atoms with van der Waals surface area (Å²) in [6.45, 7) is 4.15. The van der Waals surface area contributed by atoms with Crippen LogP contribution >= 0.6 is 0 Å². The quantitative estimate of drug-likeness (QED) is 0.289. The Bertz CT molecular complexity index is 1060. The Morgan fingerprint density at radius 2 is 1.95 bits per heavy atom. The molecule has 0 radical (unpaired) electrons. The normalized spacial score (nSPS) is 38.3. The molecule has 7 atom stereocenters. The van der Waals surface area contributed by atoms with Gasteiger partial charge in [-0.05, 0) is 87.0 Å². The molecule has 0 spiro atoms. The molecule has 3 fully saturated rings. The number of fused-ring (bicyclic) bond motifs is 5. The second-order valence-electron chi connectivity index (χ2n) is 11.8. The molecule has 0 aromatic heterocycles. The summed E-state index contributed by atoms with van der Waals surface area (Å²) in [4.78, 5) is 39.6. The number of nitrogens with zero attached hydrogens (tertiary/aromatic N) is 1. The van der Waals surface area contributed by atoms with Crippen LogP contribution in [0.15, 0.2) is 16.8 Å². The van der Waals surface area contributed by atoms with Gasteiger partial charge in [-0.2, -0.15) is 0 Å². The summed E-state index contributed by atoms with van der Waals surface area (Å²) in [7, 11) is 0. The summed E-state index contributed by atoms with van der Waals surface area (Å²) >= 11 is 0. The molecule has 9 heteroatoms. The summed E-state index contributed by atoms with van der Waals surface area (Å²) in [5, 5.41) is 26.9. The van der Waals surface area contributed by atoms with E-state index in [1.54, 1.807) is 0 Å². The van der Waals surface area contributed by atoms with Crippen LogP contribution in [0.25, 0.3) is 0 Å². The maximum atomic E-state index is 12.1. The van der Waals surface area contributed by atoms with Crippen molar-refractivity contribution in [3.8, 4) is 12.3 Å². The number of carboxylic acid groups (broad SMARTS) is 1. The van der Waals surface area contributed by atoms with Crippen LogP contribution in [-0.2, 0) is 19.2 Å². The van der Waals surface area contributed by atoms with Crippen LogP contribution in [0.5, 0.6) is 0 Å². The van der Waals surface area contributed by atoms with Gasteiger partial charge < -0.3 is 26.1 Å². The molecule has 0 bridgehead atoms.